The van der Waals surface area contributed by atoms with Gasteiger partial charge in [-0.25, -0.2) is 19.3 Å². The second kappa shape index (κ2) is 10.2. The van der Waals surface area contributed by atoms with Crippen molar-refractivity contribution in [3.05, 3.63) is 47.7 Å². The molecule has 0 spiro atoms. The van der Waals surface area contributed by atoms with E-state index in [0.29, 0.717) is 36.8 Å². The lowest BCUT2D eigenvalue weighted by molar-refractivity contribution is 0.103. The van der Waals surface area contributed by atoms with Crippen LogP contribution in [0.2, 0.25) is 0 Å². The monoisotopic (exact) mass is 446 g/mol. The van der Waals surface area contributed by atoms with Crippen molar-refractivity contribution in [3.8, 4) is 0 Å². The largest absolute Gasteiger partial charge is 0.377 e. The normalized spacial score (nSPS) is 22.2. The van der Waals surface area contributed by atoms with Crippen LogP contribution in [0.5, 0.6) is 0 Å². The van der Waals surface area contributed by atoms with Crippen molar-refractivity contribution >= 4 is 22.9 Å². The predicted octanol–water partition coefficient (Wildman–Crippen LogP) is 1.39. The van der Waals surface area contributed by atoms with Crippen LogP contribution in [0.15, 0.2) is 36.4 Å². The minimum atomic E-state index is -1.75. The molecule has 1 fully saturated rings. The molecule has 2 aliphatic rings. The number of carbonyl (C=O) groups excluding carboxylic acids is 1. The second-order valence-corrected chi connectivity index (χ2v) is 8.54. The molecule has 3 unspecified atom stereocenters. The van der Waals surface area contributed by atoms with Gasteiger partial charge in [0.05, 0.1) is 31.9 Å². The number of ketones is 1. The van der Waals surface area contributed by atoms with E-state index in [-0.39, 0.29) is 17.7 Å². The summed E-state index contributed by atoms with van der Waals surface area (Å²) in [6, 6.07) is 1.84. The van der Waals surface area contributed by atoms with Crippen molar-refractivity contribution in [2.45, 2.75) is 38.3 Å². The summed E-state index contributed by atoms with van der Waals surface area (Å²) in [6.45, 7) is 2.30. The zero-order valence-corrected chi connectivity index (χ0v) is 17.9. The van der Waals surface area contributed by atoms with Crippen LogP contribution in [-0.4, -0.2) is 55.6 Å². The van der Waals surface area contributed by atoms with Gasteiger partial charge in [-0.15, -0.1) is 0 Å². The number of rotatable bonds is 9. The molecule has 0 amide bonds. The molecule has 31 heavy (non-hydrogen) atoms. The fraction of sp³-hybridized carbons (Fsp3) is 0.500. The number of nitrogens with one attached hydrogen (secondary N) is 1. The van der Waals surface area contributed by atoms with Crippen molar-refractivity contribution in [3.63, 3.8) is 0 Å². The van der Waals surface area contributed by atoms with Crippen molar-refractivity contribution in [1.29, 1.82) is 0 Å². The van der Waals surface area contributed by atoms with Crippen molar-refractivity contribution in [2.24, 2.45) is 11.1 Å². The number of ether oxygens (including phenoxy) is 1. The zero-order valence-electron chi connectivity index (χ0n) is 17.1. The highest BCUT2D eigenvalue weighted by Crippen LogP contribution is 2.29. The Bertz CT molecular complexity index is 978. The molecule has 3 N–H and O–H groups in total. The van der Waals surface area contributed by atoms with Gasteiger partial charge >= 0.3 is 0 Å². The van der Waals surface area contributed by atoms with Gasteiger partial charge < -0.3 is 10.1 Å². The Morgan fingerprint density at radius 2 is 2.32 bits per heavy atom. The topological polar surface area (TPSA) is 134 Å². The third-order valence-electron chi connectivity index (χ3n) is 5.48. The number of hydrogen-bond donors (Lipinski definition) is 2. The molecule has 2 aromatic heterocycles. The summed E-state index contributed by atoms with van der Waals surface area (Å²) >= 11 is -1.75. The molecule has 0 bridgehead atoms. The van der Waals surface area contributed by atoms with Crippen LogP contribution >= 0.6 is 0 Å². The summed E-state index contributed by atoms with van der Waals surface area (Å²) in [5.74, 6) is 0.527. The SMILES string of the molecule is NS(=O)OCC1CCC(Nc2ncncc2C(=O)c2ccn(CC3=CCCOC3)n2)C1. The molecule has 10 nitrogen and oxygen atoms in total. The summed E-state index contributed by atoms with van der Waals surface area (Å²) in [5.41, 5.74) is 1.88. The molecule has 0 saturated heterocycles. The fourth-order valence-corrected chi connectivity index (χ4v) is 4.29. The molecule has 11 heteroatoms. The minimum Gasteiger partial charge on any atom is -0.377 e. The second-order valence-electron chi connectivity index (χ2n) is 7.78. The highest BCUT2D eigenvalue weighted by Gasteiger charge is 2.27. The van der Waals surface area contributed by atoms with Gasteiger partial charge in [-0.2, -0.15) is 5.10 Å². The standard InChI is InChI=1S/C20H26N6O4S/c21-31(28)30-12-14-3-4-16(8-14)24-20-17(9-22-13-23-20)19(27)18-5-6-26(25-18)10-15-2-1-7-29-11-15/h2,5-6,9,13-14,16H,1,3-4,7-8,10-12,21H2,(H,22,23,24). The third-order valence-corrected chi connectivity index (χ3v) is 5.85. The van der Waals surface area contributed by atoms with Gasteiger partial charge in [0, 0.05) is 18.4 Å². The third kappa shape index (κ3) is 5.82. The maximum absolute atomic E-state index is 13.1. The molecule has 0 radical (unpaired) electrons. The number of nitrogens with two attached hydrogens (primary N) is 1. The van der Waals surface area contributed by atoms with Crippen LogP contribution in [0.1, 0.15) is 41.7 Å². The molecule has 166 valence electrons. The van der Waals surface area contributed by atoms with Crippen LogP contribution in [-0.2, 0) is 26.7 Å². The molecular formula is C20H26N6O4S. The number of aromatic nitrogens is 4. The van der Waals surface area contributed by atoms with Crippen LogP contribution in [0, 0.1) is 5.92 Å². The molecule has 4 rings (SSSR count). The maximum atomic E-state index is 13.1. The minimum absolute atomic E-state index is 0.136. The van der Waals surface area contributed by atoms with Crippen LogP contribution in [0.25, 0.3) is 0 Å². The van der Waals surface area contributed by atoms with E-state index >= 15 is 0 Å². The van der Waals surface area contributed by atoms with Crippen LogP contribution < -0.4 is 10.5 Å². The molecule has 3 heterocycles. The fourth-order valence-electron chi connectivity index (χ4n) is 3.96. The van der Waals surface area contributed by atoms with Gasteiger partial charge in [-0.05, 0) is 43.2 Å². The first-order valence-corrected chi connectivity index (χ1v) is 11.4. The van der Waals surface area contributed by atoms with E-state index in [4.69, 9.17) is 14.1 Å². The number of hydrogen-bond acceptors (Lipinski definition) is 8. The number of anilines is 1. The lowest BCUT2D eigenvalue weighted by atomic mass is 10.1. The Morgan fingerprint density at radius 1 is 1.42 bits per heavy atom. The lowest BCUT2D eigenvalue weighted by Crippen LogP contribution is -2.21. The quantitative estimate of drug-likeness (QED) is 0.436. The smallest absolute Gasteiger partial charge is 0.231 e. The maximum Gasteiger partial charge on any atom is 0.231 e. The molecule has 0 aromatic carbocycles. The first-order valence-electron chi connectivity index (χ1n) is 10.3. The van der Waals surface area contributed by atoms with Crippen molar-refractivity contribution in [1.82, 2.24) is 19.7 Å². The van der Waals surface area contributed by atoms with Gasteiger partial charge in [-0.3, -0.25) is 13.7 Å². The molecule has 2 aromatic rings. The molecule has 1 aliphatic carbocycles. The average molecular weight is 447 g/mol. The summed E-state index contributed by atoms with van der Waals surface area (Å²) in [5, 5.41) is 12.9. The molecule has 1 saturated carbocycles. The number of carbonyl (C=O) groups is 1. The highest BCUT2D eigenvalue weighted by molar-refractivity contribution is 7.77. The van der Waals surface area contributed by atoms with Crippen molar-refractivity contribution in [2.75, 3.05) is 25.1 Å². The Balaban J connectivity index is 1.41. The van der Waals surface area contributed by atoms with Crippen molar-refractivity contribution < 1.29 is 17.9 Å². The predicted molar refractivity (Wildman–Crippen MR) is 114 cm³/mol. The Morgan fingerprint density at radius 3 is 3.13 bits per heavy atom. The van der Waals surface area contributed by atoms with E-state index in [9.17, 15) is 9.00 Å². The molecule has 3 atom stereocenters. The summed E-state index contributed by atoms with van der Waals surface area (Å²) in [4.78, 5) is 21.4. The van der Waals surface area contributed by atoms with Gasteiger partial charge in [-0.1, -0.05) is 6.08 Å². The summed E-state index contributed by atoms with van der Waals surface area (Å²) in [6.07, 6.45) is 10.4. The number of nitrogens with zero attached hydrogens (tertiary/aromatic N) is 4. The Hall–Kier alpha value is -2.47. The van der Waals surface area contributed by atoms with E-state index < -0.39 is 11.3 Å². The van der Waals surface area contributed by atoms with Crippen LogP contribution in [0.3, 0.4) is 0 Å². The lowest BCUT2D eigenvalue weighted by Gasteiger charge is -2.15. The molecule has 1 aliphatic heterocycles. The van der Waals surface area contributed by atoms with E-state index in [1.54, 1.807) is 16.9 Å². The summed E-state index contributed by atoms with van der Waals surface area (Å²) in [7, 11) is 0. The van der Waals surface area contributed by atoms with Crippen LogP contribution in [0.4, 0.5) is 5.82 Å². The van der Waals surface area contributed by atoms with E-state index in [2.05, 4.69) is 26.5 Å². The Labute approximate surface area is 183 Å². The van der Waals surface area contributed by atoms with E-state index in [0.717, 1.165) is 37.9 Å². The highest BCUT2D eigenvalue weighted by atomic mass is 32.2. The summed E-state index contributed by atoms with van der Waals surface area (Å²) < 4.78 is 23.1. The van der Waals surface area contributed by atoms with Gasteiger partial charge in [0.1, 0.15) is 17.8 Å². The first-order chi connectivity index (χ1) is 15.1. The van der Waals surface area contributed by atoms with Gasteiger partial charge in [0.25, 0.3) is 0 Å². The zero-order chi connectivity index (χ0) is 21.6. The van der Waals surface area contributed by atoms with E-state index in [1.807, 2.05) is 0 Å². The van der Waals surface area contributed by atoms with E-state index in [1.165, 1.54) is 12.5 Å². The Kier molecular flexibility index (Phi) is 7.17. The first kappa shape index (κ1) is 21.8. The van der Waals surface area contributed by atoms with Gasteiger partial charge in [0.15, 0.2) is 0 Å². The van der Waals surface area contributed by atoms with Gasteiger partial charge in [0.2, 0.25) is 17.0 Å². The average Bonchev–Trinajstić information content (AvgIpc) is 3.42. The molecular weight excluding hydrogens is 420 g/mol.